The van der Waals surface area contributed by atoms with E-state index in [0.29, 0.717) is 5.56 Å². The van der Waals surface area contributed by atoms with Gasteiger partial charge in [-0.25, -0.2) is 26.7 Å². The highest BCUT2D eigenvalue weighted by atomic mass is 32.2. The van der Waals surface area contributed by atoms with Gasteiger partial charge in [-0.05, 0) is 23.1 Å². The van der Waals surface area contributed by atoms with Crippen LogP contribution in [0.1, 0.15) is 26.3 Å². The van der Waals surface area contributed by atoms with E-state index in [1.807, 2.05) is 20.8 Å². The number of hydrogen-bond acceptors (Lipinski definition) is 4. The molecule has 0 radical (unpaired) electrons. The normalized spacial score (nSPS) is 13.4. The Kier molecular flexibility index (Phi) is 4.96. The molecule has 0 unspecified atom stereocenters. The molecule has 1 rings (SSSR count). The van der Waals surface area contributed by atoms with Crippen LogP contribution in [0.5, 0.6) is 0 Å². The van der Waals surface area contributed by atoms with Crippen molar-refractivity contribution in [2.45, 2.75) is 32.2 Å². The average molecular weight is 320 g/mol. The highest BCUT2D eigenvalue weighted by molar-refractivity contribution is 7.89. The minimum absolute atomic E-state index is 0.00111. The molecule has 0 fully saturated rings. The molecule has 6 nitrogen and oxygen atoms in total. The summed E-state index contributed by atoms with van der Waals surface area (Å²) >= 11 is 0. The Hall–Kier alpha value is -0.960. The van der Waals surface area contributed by atoms with Crippen LogP contribution in [0.2, 0.25) is 0 Å². The number of nitrogens with two attached hydrogens (primary N) is 1. The molecule has 3 N–H and O–H groups in total. The van der Waals surface area contributed by atoms with Gasteiger partial charge in [0.05, 0.1) is 10.6 Å². The Morgan fingerprint density at radius 2 is 1.55 bits per heavy atom. The summed E-state index contributed by atoms with van der Waals surface area (Å²) in [4.78, 5) is -0.00111. The molecule has 1 aromatic carbocycles. The van der Waals surface area contributed by atoms with Crippen LogP contribution in [0.15, 0.2) is 29.2 Å². The molecule has 0 aromatic heterocycles. The van der Waals surface area contributed by atoms with E-state index in [9.17, 15) is 16.8 Å². The molecular formula is C12H20N2O4S2. The van der Waals surface area contributed by atoms with Gasteiger partial charge < -0.3 is 0 Å². The number of primary sulfonamides is 1. The van der Waals surface area contributed by atoms with Crippen LogP contribution in [0.4, 0.5) is 0 Å². The lowest BCUT2D eigenvalue weighted by atomic mass is 10.0. The topological polar surface area (TPSA) is 106 Å². The van der Waals surface area contributed by atoms with Crippen molar-refractivity contribution in [2.75, 3.05) is 5.75 Å². The van der Waals surface area contributed by atoms with Gasteiger partial charge in [0, 0.05) is 6.54 Å². The maximum absolute atomic E-state index is 11.8. The minimum atomic E-state index is -3.73. The summed E-state index contributed by atoms with van der Waals surface area (Å²) in [6.07, 6.45) is 0. The molecule has 114 valence electrons. The van der Waals surface area contributed by atoms with Crippen molar-refractivity contribution in [1.29, 1.82) is 0 Å². The zero-order valence-corrected chi connectivity index (χ0v) is 13.4. The van der Waals surface area contributed by atoms with Crippen LogP contribution < -0.4 is 9.86 Å². The molecule has 0 bridgehead atoms. The zero-order valence-electron chi connectivity index (χ0n) is 11.8. The predicted molar refractivity (Wildman–Crippen MR) is 77.9 cm³/mol. The summed E-state index contributed by atoms with van der Waals surface area (Å²) in [6.45, 7) is 5.64. The second-order valence-electron chi connectivity index (χ2n) is 5.83. The lowest BCUT2D eigenvalue weighted by Crippen LogP contribution is -2.32. The lowest BCUT2D eigenvalue weighted by molar-refractivity contribution is 0.458. The molecule has 0 spiro atoms. The molecule has 1 aromatic rings. The van der Waals surface area contributed by atoms with E-state index >= 15 is 0 Å². The fourth-order valence-corrected chi connectivity index (χ4v) is 3.76. The molecule has 0 saturated heterocycles. The Morgan fingerprint density at radius 1 is 1.05 bits per heavy atom. The first-order chi connectivity index (χ1) is 8.89. The van der Waals surface area contributed by atoms with Crippen LogP contribution in [0.25, 0.3) is 0 Å². The maximum atomic E-state index is 11.8. The Balaban J connectivity index is 2.72. The van der Waals surface area contributed by atoms with Gasteiger partial charge in [-0.2, -0.15) is 0 Å². The average Bonchev–Trinajstić information content (AvgIpc) is 2.22. The largest absolute Gasteiger partial charge is 0.238 e. The van der Waals surface area contributed by atoms with Gasteiger partial charge in [-0.3, -0.25) is 0 Å². The molecule has 0 aliphatic heterocycles. The third-order valence-corrected chi connectivity index (χ3v) is 5.13. The lowest BCUT2D eigenvalue weighted by Gasteiger charge is -2.18. The van der Waals surface area contributed by atoms with Crippen LogP contribution in [-0.2, 0) is 26.6 Å². The Bertz CT molecular complexity index is 656. The van der Waals surface area contributed by atoms with E-state index < -0.39 is 20.0 Å². The summed E-state index contributed by atoms with van der Waals surface area (Å²) in [6, 6.07) is 5.75. The van der Waals surface area contributed by atoms with E-state index in [1.165, 1.54) is 24.3 Å². The minimum Gasteiger partial charge on any atom is -0.225 e. The van der Waals surface area contributed by atoms with Gasteiger partial charge in [-0.15, -0.1) is 0 Å². The third kappa shape index (κ3) is 6.00. The molecule has 0 saturated carbocycles. The van der Waals surface area contributed by atoms with Crippen LogP contribution in [0.3, 0.4) is 0 Å². The highest BCUT2D eigenvalue weighted by Gasteiger charge is 2.21. The van der Waals surface area contributed by atoms with Crippen molar-refractivity contribution < 1.29 is 16.8 Å². The molecular weight excluding hydrogens is 300 g/mol. The van der Waals surface area contributed by atoms with Gasteiger partial charge in [0.1, 0.15) is 0 Å². The van der Waals surface area contributed by atoms with E-state index in [2.05, 4.69) is 4.72 Å². The number of nitrogens with one attached hydrogen (secondary N) is 1. The first-order valence-electron chi connectivity index (χ1n) is 5.98. The number of benzene rings is 1. The summed E-state index contributed by atoms with van der Waals surface area (Å²) in [7, 11) is -7.09. The first-order valence-corrected chi connectivity index (χ1v) is 9.18. The van der Waals surface area contributed by atoms with E-state index in [4.69, 9.17) is 5.14 Å². The van der Waals surface area contributed by atoms with Crippen molar-refractivity contribution in [3.8, 4) is 0 Å². The summed E-state index contributed by atoms with van der Waals surface area (Å²) in [5.74, 6) is 0.0231. The number of sulfonamides is 2. The van der Waals surface area contributed by atoms with Gasteiger partial charge >= 0.3 is 0 Å². The third-order valence-electron chi connectivity index (χ3n) is 2.37. The van der Waals surface area contributed by atoms with Crippen LogP contribution >= 0.6 is 0 Å². The molecule has 20 heavy (non-hydrogen) atoms. The summed E-state index contributed by atoms with van der Waals surface area (Å²) in [5, 5.41) is 4.98. The fraction of sp³-hybridized carbons (Fsp3) is 0.500. The van der Waals surface area contributed by atoms with E-state index in [0.717, 1.165) is 0 Å². The van der Waals surface area contributed by atoms with Crippen molar-refractivity contribution >= 4 is 20.0 Å². The van der Waals surface area contributed by atoms with Crippen LogP contribution in [-0.4, -0.2) is 22.6 Å². The second kappa shape index (κ2) is 5.80. The molecule has 0 aliphatic carbocycles. The van der Waals surface area contributed by atoms with Gasteiger partial charge in [0.2, 0.25) is 20.0 Å². The Labute approximate surface area is 120 Å². The zero-order chi connectivity index (χ0) is 15.6. The predicted octanol–water partition coefficient (Wildman–Crippen LogP) is 0.800. The van der Waals surface area contributed by atoms with Crippen molar-refractivity contribution in [2.24, 2.45) is 10.6 Å². The first kappa shape index (κ1) is 17.1. The molecule has 0 heterocycles. The monoisotopic (exact) mass is 320 g/mol. The maximum Gasteiger partial charge on any atom is 0.238 e. The molecule has 0 aliphatic rings. The summed E-state index contributed by atoms with van der Waals surface area (Å²) in [5.41, 5.74) is 0.332. The second-order valence-corrected chi connectivity index (χ2v) is 9.20. The smallest absolute Gasteiger partial charge is 0.225 e. The van der Waals surface area contributed by atoms with Crippen molar-refractivity contribution in [1.82, 2.24) is 4.72 Å². The quantitative estimate of drug-likeness (QED) is 0.836. The standard InChI is InChI=1S/C12H20N2O4S2/c1-12(2,3)9-19(15,16)14-8-10-4-6-11(7-5-10)20(13,17)18/h4-7,14H,8-9H2,1-3H3,(H2,13,17,18). The molecule has 0 amide bonds. The number of hydrogen-bond donors (Lipinski definition) is 2. The van der Waals surface area contributed by atoms with Gasteiger partial charge in [0.25, 0.3) is 0 Å². The van der Waals surface area contributed by atoms with E-state index in [-0.39, 0.29) is 22.6 Å². The van der Waals surface area contributed by atoms with Crippen molar-refractivity contribution in [3.63, 3.8) is 0 Å². The van der Waals surface area contributed by atoms with Crippen molar-refractivity contribution in [3.05, 3.63) is 29.8 Å². The van der Waals surface area contributed by atoms with Crippen LogP contribution in [0, 0.1) is 5.41 Å². The summed E-state index contributed by atoms with van der Waals surface area (Å²) < 4.78 is 48.3. The molecule has 0 atom stereocenters. The SMILES string of the molecule is CC(C)(C)CS(=O)(=O)NCc1ccc(S(N)(=O)=O)cc1. The number of rotatable bonds is 5. The van der Waals surface area contributed by atoms with E-state index in [1.54, 1.807) is 0 Å². The highest BCUT2D eigenvalue weighted by Crippen LogP contribution is 2.15. The van der Waals surface area contributed by atoms with Gasteiger partial charge in [0.15, 0.2) is 0 Å². The van der Waals surface area contributed by atoms with Gasteiger partial charge in [-0.1, -0.05) is 32.9 Å². The fourth-order valence-electron chi connectivity index (χ4n) is 1.61. The Morgan fingerprint density at radius 3 is 1.95 bits per heavy atom. The molecule has 8 heteroatoms.